The maximum atomic E-state index is 12.6. The summed E-state index contributed by atoms with van der Waals surface area (Å²) in [4.78, 5) is 17.6. The third kappa shape index (κ3) is 5.13. The Labute approximate surface area is 170 Å². The first-order valence-corrected chi connectivity index (χ1v) is 11.0. The van der Waals surface area contributed by atoms with Gasteiger partial charge in [-0.3, -0.25) is 9.69 Å². The van der Waals surface area contributed by atoms with Crippen LogP contribution in [0.1, 0.15) is 49.3 Å². The van der Waals surface area contributed by atoms with Crippen LogP contribution in [-0.4, -0.2) is 67.1 Å². The smallest absolute Gasteiger partial charge is 0.237 e. The van der Waals surface area contributed by atoms with Gasteiger partial charge in [0.1, 0.15) is 0 Å². The molecule has 156 valence electrons. The summed E-state index contributed by atoms with van der Waals surface area (Å²) in [7, 11) is 1.77. The van der Waals surface area contributed by atoms with E-state index in [1.165, 1.54) is 42.5 Å². The van der Waals surface area contributed by atoms with Crippen molar-refractivity contribution >= 4 is 5.91 Å². The number of hydrogen-bond acceptors (Lipinski definition) is 4. The minimum Gasteiger partial charge on any atom is -0.358 e. The molecule has 2 N–H and O–H groups in total. The predicted octanol–water partition coefficient (Wildman–Crippen LogP) is 2.46. The molecule has 0 aromatic heterocycles. The van der Waals surface area contributed by atoms with Crippen molar-refractivity contribution in [2.75, 3.05) is 33.2 Å². The Morgan fingerprint density at radius 2 is 1.96 bits per heavy atom. The van der Waals surface area contributed by atoms with Crippen LogP contribution in [0.2, 0.25) is 0 Å². The van der Waals surface area contributed by atoms with Gasteiger partial charge in [-0.15, -0.1) is 0 Å². The summed E-state index contributed by atoms with van der Waals surface area (Å²) < 4.78 is 0. The molecule has 2 aliphatic heterocycles. The SMILES string of the molecule is CCCN1CCC(N2C[C@H](NCc3cc(C)ccc3C)C[C@H]2C(=O)NC)CC1. The van der Waals surface area contributed by atoms with Crippen LogP contribution >= 0.6 is 0 Å². The van der Waals surface area contributed by atoms with E-state index in [0.29, 0.717) is 12.1 Å². The lowest BCUT2D eigenvalue weighted by atomic mass is 10.0. The van der Waals surface area contributed by atoms with Gasteiger partial charge in [-0.25, -0.2) is 0 Å². The summed E-state index contributed by atoms with van der Waals surface area (Å²) in [6.07, 6.45) is 4.48. The van der Waals surface area contributed by atoms with E-state index < -0.39 is 0 Å². The minimum atomic E-state index is 0.00355. The van der Waals surface area contributed by atoms with Crippen LogP contribution in [0, 0.1) is 13.8 Å². The number of hydrogen-bond donors (Lipinski definition) is 2. The average Bonchev–Trinajstić information content (AvgIpc) is 3.13. The number of likely N-dealkylation sites (N-methyl/N-ethyl adjacent to an activating group) is 1. The molecule has 1 aromatic rings. The summed E-state index contributed by atoms with van der Waals surface area (Å²) in [5.74, 6) is 0.173. The van der Waals surface area contributed by atoms with Gasteiger partial charge in [-0.05, 0) is 70.3 Å². The van der Waals surface area contributed by atoms with Crippen molar-refractivity contribution in [1.82, 2.24) is 20.4 Å². The van der Waals surface area contributed by atoms with Crippen LogP contribution in [0.25, 0.3) is 0 Å². The number of benzene rings is 1. The molecule has 3 rings (SSSR count). The van der Waals surface area contributed by atoms with Crippen molar-refractivity contribution in [2.45, 2.75) is 71.1 Å². The lowest BCUT2D eigenvalue weighted by molar-refractivity contribution is -0.126. The van der Waals surface area contributed by atoms with Crippen LogP contribution in [0.4, 0.5) is 0 Å². The standard InChI is InChI=1S/C23H38N4O/c1-5-10-26-11-8-21(9-12-26)27-16-20(14-22(27)23(28)24-4)25-15-19-13-17(2)6-7-18(19)3/h6-7,13,20-22,25H,5,8-12,14-16H2,1-4H3,(H,24,28)/t20-,22+/m1/s1. The zero-order valence-corrected chi connectivity index (χ0v) is 18.1. The molecule has 0 spiro atoms. The topological polar surface area (TPSA) is 47.6 Å². The molecular formula is C23H38N4O. The maximum absolute atomic E-state index is 12.6. The highest BCUT2D eigenvalue weighted by molar-refractivity contribution is 5.82. The number of carbonyl (C=O) groups is 1. The van der Waals surface area contributed by atoms with E-state index in [2.05, 4.69) is 59.4 Å². The fourth-order valence-electron chi connectivity index (χ4n) is 4.87. The van der Waals surface area contributed by atoms with E-state index in [1.54, 1.807) is 7.05 Å². The minimum absolute atomic E-state index is 0.00355. The first kappa shape index (κ1) is 21.3. The second kappa shape index (κ2) is 9.86. The largest absolute Gasteiger partial charge is 0.358 e. The number of likely N-dealkylation sites (tertiary alicyclic amines) is 2. The van der Waals surface area contributed by atoms with Crippen molar-refractivity contribution < 1.29 is 4.79 Å². The number of nitrogens with one attached hydrogen (secondary N) is 2. The molecule has 0 aliphatic carbocycles. The Kier molecular flexibility index (Phi) is 7.49. The van der Waals surface area contributed by atoms with Crippen molar-refractivity contribution in [3.63, 3.8) is 0 Å². The Bertz CT molecular complexity index is 654. The number of rotatable bonds is 7. The number of piperidine rings is 1. The second-order valence-corrected chi connectivity index (χ2v) is 8.64. The number of aryl methyl sites for hydroxylation is 2. The fourth-order valence-corrected chi connectivity index (χ4v) is 4.87. The van der Waals surface area contributed by atoms with Crippen molar-refractivity contribution in [2.24, 2.45) is 0 Å². The van der Waals surface area contributed by atoms with Crippen molar-refractivity contribution in [3.05, 3.63) is 34.9 Å². The molecule has 2 saturated heterocycles. The highest BCUT2D eigenvalue weighted by Gasteiger charge is 2.40. The van der Waals surface area contributed by atoms with E-state index in [0.717, 1.165) is 32.6 Å². The molecule has 5 heteroatoms. The Morgan fingerprint density at radius 1 is 1.21 bits per heavy atom. The fraction of sp³-hybridized carbons (Fsp3) is 0.696. The lowest BCUT2D eigenvalue weighted by Crippen LogP contribution is -2.51. The number of nitrogens with zero attached hydrogens (tertiary/aromatic N) is 2. The van der Waals surface area contributed by atoms with Crippen molar-refractivity contribution in [3.8, 4) is 0 Å². The van der Waals surface area contributed by atoms with E-state index in [1.807, 2.05) is 0 Å². The summed E-state index contributed by atoms with van der Waals surface area (Å²) >= 11 is 0. The first-order valence-electron chi connectivity index (χ1n) is 11.0. The average molecular weight is 387 g/mol. The van der Waals surface area contributed by atoms with Gasteiger partial charge in [0.15, 0.2) is 0 Å². The molecular weight excluding hydrogens is 348 g/mol. The van der Waals surface area contributed by atoms with Crippen LogP contribution < -0.4 is 10.6 Å². The monoisotopic (exact) mass is 386 g/mol. The molecule has 5 nitrogen and oxygen atoms in total. The van der Waals surface area contributed by atoms with Crippen LogP contribution in [-0.2, 0) is 11.3 Å². The number of amides is 1. The molecule has 1 amide bonds. The molecule has 0 radical (unpaired) electrons. The molecule has 0 bridgehead atoms. The van der Waals surface area contributed by atoms with Gasteiger partial charge in [-0.1, -0.05) is 30.7 Å². The van der Waals surface area contributed by atoms with Gasteiger partial charge in [0.05, 0.1) is 6.04 Å². The third-order valence-electron chi connectivity index (χ3n) is 6.54. The predicted molar refractivity (Wildman–Crippen MR) is 115 cm³/mol. The molecule has 28 heavy (non-hydrogen) atoms. The Hall–Kier alpha value is -1.43. The third-order valence-corrected chi connectivity index (χ3v) is 6.54. The lowest BCUT2D eigenvalue weighted by Gasteiger charge is -2.38. The Morgan fingerprint density at radius 3 is 2.64 bits per heavy atom. The van der Waals surface area contributed by atoms with Gasteiger partial charge < -0.3 is 15.5 Å². The molecule has 2 atom stereocenters. The molecule has 2 aliphatic rings. The highest BCUT2D eigenvalue weighted by Crippen LogP contribution is 2.27. The summed E-state index contributed by atoms with van der Waals surface area (Å²) in [6.45, 7) is 11.9. The summed E-state index contributed by atoms with van der Waals surface area (Å²) in [5, 5.41) is 6.64. The zero-order valence-electron chi connectivity index (χ0n) is 18.1. The molecule has 1 aromatic carbocycles. The normalized spacial score (nSPS) is 24.6. The molecule has 0 unspecified atom stereocenters. The second-order valence-electron chi connectivity index (χ2n) is 8.64. The summed E-state index contributed by atoms with van der Waals surface area (Å²) in [6, 6.07) is 7.55. The van der Waals surface area contributed by atoms with Crippen LogP contribution in [0.15, 0.2) is 18.2 Å². The van der Waals surface area contributed by atoms with Gasteiger partial charge in [-0.2, -0.15) is 0 Å². The summed E-state index contributed by atoms with van der Waals surface area (Å²) in [5.41, 5.74) is 4.00. The van der Waals surface area contributed by atoms with E-state index in [-0.39, 0.29) is 11.9 Å². The van der Waals surface area contributed by atoms with Gasteiger partial charge in [0.25, 0.3) is 0 Å². The van der Waals surface area contributed by atoms with E-state index >= 15 is 0 Å². The number of carbonyl (C=O) groups excluding carboxylic acids is 1. The van der Waals surface area contributed by atoms with Gasteiger partial charge in [0, 0.05) is 32.2 Å². The van der Waals surface area contributed by atoms with E-state index in [9.17, 15) is 4.79 Å². The zero-order chi connectivity index (χ0) is 20.1. The van der Waals surface area contributed by atoms with Gasteiger partial charge in [0.2, 0.25) is 5.91 Å². The highest BCUT2D eigenvalue weighted by atomic mass is 16.2. The molecule has 2 fully saturated rings. The quantitative estimate of drug-likeness (QED) is 0.756. The molecule has 0 saturated carbocycles. The van der Waals surface area contributed by atoms with Crippen LogP contribution in [0.3, 0.4) is 0 Å². The Balaban J connectivity index is 1.61. The van der Waals surface area contributed by atoms with Crippen molar-refractivity contribution in [1.29, 1.82) is 0 Å². The van der Waals surface area contributed by atoms with Crippen LogP contribution in [0.5, 0.6) is 0 Å². The molecule has 2 heterocycles. The first-order chi connectivity index (χ1) is 13.5. The van der Waals surface area contributed by atoms with E-state index in [4.69, 9.17) is 0 Å². The maximum Gasteiger partial charge on any atom is 0.237 e. The van der Waals surface area contributed by atoms with Gasteiger partial charge >= 0.3 is 0 Å².